The van der Waals surface area contributed by atoms with Crippen LogP contribution in [0.5, 0.6) is 0 Å². The van der Waals surface area contributed by atoms with Crippen LogP contribution < -0.4 is 10.0 Å². The standard InChI is InChI=1S/C15H19N3O2S/c1-11-4-6-14(17-9-11)10-18-13-7-5-12(2)15(8-13)21(19,20)16-3/h4-9,16,18H,10H2,1-3H3. The van der Waals surface area contributed by atoms with E-state index in [0.717, 1.165) is 16.9 Å². The van der Waals surface area contributed by atoms with Gasteiger partial charge in [-0.15, -0.1) is 0 Å². The molecule has 1 aromatic heterocycles. The lowest BCUT2D eigenvalue weighted by Gasteiger charge is -2.11. The number of nitrogens with one attached hydrogen (secondary N) is 2. The zero-order valence-electron chi connectivity index (χ0n) is 12.3. The zero-order valence-corrected chi connectivity index (χ0v) is 13.2. The maximum atomic E-state index is 11.9. The molecular formula is C15H19N3O2S. The monoisotopic (exact) mass is 305 g/mol. The lowest BCUT2D eigenvalue weighted by Crippen LogP contribution is -2.19. The third-order valence-electron chi connectivity index (χ3n) is 3.19. The molecule has 2 aromatic rings. The van der Waals surface area contributed by atoms with Gasteiger partial charge < -0.3 is 5.32 Å². The summed E-state index contributed by atoms with van der Waals surface area (Å²) >= 11 is 0. The number of rotatable bonds is 5. The molecule has 0 unspecified atom stereocenters. The zero-order chi connectivity index (χ0) is 15.5. The molecule has 0 spiro atoms. The predicted molar refractivity (Wildman–Crippen MR) is 83.7 cm³/mol. The van der Waals surface area contributed by atoms with E-state index in [4.69, 9.17) is 0 Å². The van der Waals surface area contributed by atoms with Gasteiger partial charge in [-0.25, -0.2) is 13.1 Å². The fourth-order valence-electron chi connectivity index (χ4n) is 1.91. The van der Waals surface area contributed by atoms with Crippen molar-refractivity contribution in [2.75, 3.05) is 12.4 Å². The van der Waals surface area contributed by atoms with Gasteiger partial charge in [0.1, 0.15) is 0 Å². The number of hydrogen-bond acceptors (Lipinski definition) is 4. The van der Waals surface area contributed by atoms with E-state index in [0.29, 0.717) is 12.1 Å². The number of anilines is 1. The Bertz CT molecular complexity index is 725. The minimum atomic E-state index is -3.45. The highest BCUT2D eigenvalue weighted by Gasteiger charge is 2.14. The molecule has 21 heavy (non-hydrogen) atoms. The molecule has 5 nitrogen and oxygen atoms in total. The number of aromatic nitrogens is 1. The highest BCUT2D eigenvalue weighted by molar-refractivity contribution is 7.89. The number of sulfonamides is 1. The Morgan fingerprint density at radius 2 is 1.90 bits per heavy atom. The van der Waals surface area contributed by atoms with E-state index in [1.807, 2.05) is 31.3 Å². The quantitative estimate of drug-likeness (QED) is 0.888. The van der Waals surface area contributed by atoms with Crippen molar-refractivity contribution in [3.8, 4) is 0 Å². The minimum absolute atomic E-state index is 0.284. The van der Waals surface area contributed by atoms with Gasteiger partial charge in [-0.05, 0) is 50.2 Å². The third-order valence-corrected chi connectivity index (χ3v) is 4.75. The molecule has 0 aliphatic carbocycles. The summed E-state index contributed by atoms with van der Waals surface area (Å²) < 4.78 is 26.2. The van der Waals surface area contributed by atoms with Crippen LogP contribution in [0, 0.1) is 13.8 Å². The number of pyridine rings is 1. The smallest absolute Gasteiger partial charge is 0.240 e. The molecular weight excluding hydrogens is 286 g/mol. The van der Waals surface area contributed by atoms with E-state index >= 15 is 0 Å². The van der Waals surface area contributed by atoms with Crippen molar-refractivity contribution in [3.63, 3.8) is 0 Å². The summed E-state index contributed by atoms with van der Waals surface area (Å²) in [6.07, 6.45) is 1.81. The Kier molecular flexibility index (Phi) is 4.59. The molecule has 0 fully saturated rings. The normalized spacial score (nSPS) is 11.4. The van der Waals surface area contributed by atoms with Crippen LogP contribution in [-0.2, 0) is 16.6 Å². The first-order valence-electron chi connectivity index (χ1n) is 6.62. The fraction of sp³-hybridized carbons (Fsp3) is 0.267. The Morgan fingerprint density at radius 3 is 2.52 bits per heavy atom. The van der Waals surface area contributed by atoms with Crippen LogP contribution in [0.25, 0.3) is 0 Å². The summed E-state index contributed by atoms with van der Waals surface area (Å²) in [6, 6.07) is 9.22. The molecule has 1 aromatic carbocycles. The maximum Gasteiger partial charge on any atom is 0.240 e. The van der Waals surface area contributed by atoms with Crippen LogP contribution in [0.15, 0.2) is 41.4 Å². The van der Waals surface area contributed by atoms with Gasteiger partial charge in [-0.3, -0.25) is 4.98 Å². The van der Waals surface area contributed by atoms with Crippen molar-refractivity contribution < 1.29 is 8.42 Å². The third kappa shape index (κ3) is 3.80. The lowest BCUT2D eigenvalue weighted by atomic mass is 10.2. The van der Waals surface area contributed by atoms with Gasteiger partial charge in [-0.1, -0.05) is 12.1 Å². The summed E-state index contributed by atoms with van der Waals surface area (Å²) in [5.74, 6) is 0. The molecule has 0 aliphatic heterocycles. The van der Waals surface area contributed by atoms with E-state index in [-0.39, 0.29) is 4.90 Å². The van der Waals surface area contributed by atoms with Gasteiger partial charge in [0.05, 0.1) is 17.1 Å². The van der Waals surface area contributed by atoms with E-state index < -0.39 is 10.0 Å². The van der Waals surface area contributed by atoms with Crippen LogP contribution in [0.1, 0.15) is 16.8 Å². The van der Waals surface area contributed by atoms with Gasteiger partial charge in [0.2, 0.25) is 10.0 Å². The Labute approximate surface area is 125 Å². The summed E-state index contributed by atoms with van der Waals surface area (Å²) in [5, 5.41) is 3.19. The molecule has 6 heteroatoms. The molecule has 0 aliphatic rings. The van der Waals surface area contributed by atoms with Crippen molar-refractivity contribution in [3.05, 3.63) is 53.3 Å². The molecule has 0 bridgehead atoms. The Morgan fingerprint density at radius 1 is 1.14 bits per heavy atom. The molecule has 112 valence electrons. The SMILES string of the molecule is CNS(=O)(=O)c1cc(NCc2ccc(C)cn2)ccc1C. The first-order chi connectivity index (χ1) is 9.92. The number of benzene rings is 1. The van der Waals surface area contributed by atoms with Crippen LogP contribution in [0.3, 0.4) is 0 Å². The van der Waals surface area contributed by atoms with E-state index in [1.165, 1.54) is 7.05 Å². The van der Waals surface area contributed by atoms with Crippen molar-refractivity contribution in [1.29, 1.82) is 0 Å². The number of nitrogens with zero attached hydrogens (tertiary/aromatic N) is 1. The number of aryl methyl sites for hydroxylation is 2. The van der Waals surface area contributed by atoms with Crippen molar-refractivity contribution in [1.82, 2.24) is 9.71 Å². The summed E-state index contributed by atoms with van der Waals surface area (Å²) in [5.41, 5.74) is 3.47. The van der Waals surface area contributed by atoms with Crippen LogP contribution in [0.2, 0.25) is 0 Å². The van der Waals surface area contributed by atoms with Gasteiger partial charge in [0.25, 0.3) is 0 Å². The molecule has 0 saturated carbocycles. The van der Waals surface area contributed by atoms with E-state index in [2.05, 4.69) is 15.0 Å². The summed E-state index contributed by atoms with van der Waals surface area (Å²) in [4.78, 5) is 4.59. The molecule has 0 amide bonds. The van der Waals surface area contributed by atoms with Gasteiger partial charge in [0, 0.05) is 11.9 Å². The second kappa shape index (κ2) is 6.24. The van der Waals surface area contributed by atoms with Gasteiger partial charge >= 0.3 is 0 Å². The van der Waals surface area contributed by atoms with Crippen molar-refractivity contribution in [2.45, 2.75) is 25.3 Å². The first-order valence-corrected chi connectivity index (χ1v) is 8.10. The summed E-state index contributed by atoms with van der Waals surface area (Å²) in [6.45, 7) is 4.30. The number of hydrogen-bond donors (Lipinski definition) is 2. The molecule has 0 atom stereocenters. The highest BCUT2D eigenvalue weighted by atomic mass is 32.2. The topological polar surface area (TPSA) is 71.1 Å². The molecule has 2 rings (SSSR count). The second-order valence-corrected chi connectivity index (χ2v) is 6.72. The maximum absolute atomic E-state index is 11.9. The Hall–Kier alpha value is -1.92. The highest BCUT2D eigenvalue weighted by Crippen LogP contribution is 2.20. The summed E-state index contributed by atoms with van der Waals surface area (Å²) in [7, 11) is -2.04. The average Bonchev–Trinajstić information content (AvgIpc) is 2.48. The first kappa shape index (κ1) is 15.5. The molecule has 1 heterocycles. The minimum Gasteiger partial charge on any atom is -0.379 e. The van der Waals surface area contributed by atoms with Crippen LogP contribution >= 0.6 is 0 Å². The van der Waals surface area contributed by atoms with Crippen molar-refractivity contribution in [2.24, 2.45) is 0 Å². The average molecular weight is 305 g/mol. The van der Waals surface area contributed by atoms with Gasteiger partial charge in [0.15, 0.2) is 0 Å². The van der Waals surface area contributed by atoms with E-state index in [9.17, 15) is 8.42 Å². The van der Waals surface area contributed by atoms with Crippen molar-refractivity contribution >= 4 is 15.7 Å². The Balaban J connectivity index is 2.18. The second-order valence-electron chi connectivity index (χ2n) is 4.87. The van der Waals surface area contributed by atoms with Crippen LogP contribution in [-0.4, -0.2) is 20.4 Å². The van der Waals surface area contributed by atoms with Crippen LogP contribution in [0.4, 0.5) is 5.69 Å². The largest absolute Gasteiger partial charge is 0.379 e. The molecule has 0 saturated heterocycles. The van der Waals surface area contributed by atoms with Gasteiger partial charge in [-0.2, -0.15) is 0 Å². The fourth-order valence-corrected chi connectivity index (χ4v) is 2.90. The lowest BCUT2D eigenvalue weighted by molar-refractivity contribution is 0.587. The molecule has 2 N–H and O–H groups in total. The van der Waals surface area contributed by atoms with E-state index in [1.54, 1.807) is 19.1 Å². The predicted octanol–water partition coefficient (Wildman–Crippen LogP) is 2.22. The molecule has 0 radical (unpaired) electrons.